The predicted octanol–water partition coefficient (Wildman–Crippen LogP) is 0.473. The SMILES string of the molecule is CCS(=O)(=O)C=CCNCC=CS(=O)(=O)CC. The van der Waals surface area contributed by atoms with E-state index in [-0.39, 0.29) is 11.5 Å². The van der Waals surface area contributed by atoms with Crippen molar-refractivity contribution in [3.63, 3.8) is 0 Å². The van der Waals surface area contributed by atoms with E-state index in [2.05, 4.69) is 5.32 Å². The first-order chi connectivity index (χ1) is 7.83. The maximum atomic E-state index is 11.1. The molecule has 0 radical (unpaired) electrons. The molecule has 0 aliphatic heterocycles. The third kappa shape index (κ3) is 9.08. The monoisotopic (exact) mass is 281 g/mol. The van der Waals surface area contributed by atoms with Gasteiger partial charge in [0.15, 0.2) is 19.7 Å². The molecule has 0 heterocycles. The third-order valence-electron chi connectivity index (χ3n) is 1.94. The van der Waals surface area contributed by atoms with Crippen molar-refractivity contribution in [2.24, 2.45) is 0 Å². The minimum atomic E-state index is -3.07. The molecule has 5 nitrogen and oxygen atoms in total. The minimum Gasteiger partial charge on any atom is -0.310 e. The molecule has 0 fully saturated rings. The van der Waals surface area contributed by atoms with Gasteiger partial charge in [-0.15, -0.1) is 0 Å². The van der Waals surface area contributed by atoms with Gasteiger partial charge < -0.3 is 5.32 Å². The fraction of sp³-hybridized carbons (Fsp3) is 0.600. The van der Waals surface area contributed by atoms with Gasteiger partial charge in [-0.2, -0.15) is 0 Å². The van der Waals surface area contributed by atoms with Gasteiger partial charge in [-0.1, -0.05) is 26.0 Å². The van der Waals surface area contributed by atoms with Crippen LogP contribution < -0.4 is 5.32 Å². The van der Waals surface area contributed by atoms with Crippen LogP contribution in [0, 0.1) is 0 Å². The maximum absolute atomic E-state index is 11.1. The second-order valence-corrected chi connectivity index (χ2v) is 7.66. The van der Waals surface area contributed by atoms with Crippen LogP contribution in [0.1, 0.15) is 13.8 Å². The molecule has 0 unspecified atom stereocenters. The molecule has 0 saturated heterocycles. The normalized spacial score (nSPS) is 13.8. The topological polar surface area (TPSA) is 80.3 Å². The van der Waals surface area contributed by atoms with Gasteiger partial charge in [-0.25, -0.2) is 16.8 Å². The highest BCUT2D eigenvalue weighted by Gasteiger charge is 1.99. The van der Waals surface area contributed by atoms with Crippen LogP contribution in [0.2, 0.25) is 0 Å². The molecule has 17 heavy (non-hydrogen) atoms. The Hall–Kier alpha value is -0.660. The number of rotatable bonds is 8. The number of hydrogen-bond acceptors (Lipinski definition) is 5. The first kappa shape index (κ1) is 16.3. The van der Waals surface area contributed by atoms with Crippen LogP contribution in [-0.4, -0.2) is 41.4 Å². The number of hydrogen-bond donors (Lipinski definition) is 1. The van der Waals surface area contributed by atoms with Gasteiger partial charge in [0.05, 0.1) is 11.5 Å². The molecule has 0 spiro atoms. The molecule has 0 atom stereocenters. The van der Waals surface area contributed by atoms with Crippen molar-refractivity contribution in [1.82, 2.24) is 5.32 Å². The quantitative estimate of drug-likeness (QED) is 0.654. The predicted molar refractivity (Wildman–Crippen MR) is 70.1 cm³/mol. The van der Waals surface area contributed by atoms with Crippen molar-refractivity contribution in [3.05, 3.63) is 23.0 Å². The van der Waals surface area contributed by atoms with Crippen molar-refractivity contribution < 1.29 is 16.8 Å². The van der Waals surface area contributed by atoms with Gasteiger partial charge in [0.2, 0.25) is 0 Å². The molecule has 0 aliphatic carbocycles. The van der Waals surface area contributed by atoms with E-state index in [4.69, 9.17) is 0 Å². The molecule has 7 heteroatoms. The Morgan fingerprint density at radius 2 is 1.18 bits per heavy atom. The summed E-state index contributed by atoms with van der Waals surface area (Å²) < 4.78 is 44.2. The van der Waals surface area contributed by atoms with E-state index in [1.54, 1.807) is 13.8 Å². The Balaban J connectivity index is 3.89. The van der Waals surface area contributed by atoms with E-state index in [9.17, 15) is 16.8 Å². The summed E-state index contributed by atoms with van der Waals surface area (Å²) in [5.41, 5.74) is 0. The minimum absolute atomic E-state index is 0.0815. The van der Waals surface area contributed by atoms with Gasteiger partial charge in [0.25, 0.3) is 0 Å². The molecular weight excluding hydrogens is 262 g/mol. The molecule has 0 bridgehead atoms. The molecule has 0 aliphatic rings. The molecule has 100 valence electrons. The Bertz CT molecular complexity index is 417. The second kappa shape index (κ2) is 7.62. The smallest absolute Gasteiger partial charge is 0.171 e. The van der Waals surface area contributed by atoms with Crippen molar-refractivity contribution in [3.8, 4) is 0 Å². The summed E-state index contributed by atoms with van der Waals surface area (Å²) in [6.07, 6.45) is 3.00. The van der Waals surface area contributed by atoms with Gasteiger partial charge in [-0.3, -0.25) is 0 Å². The second-order valence-electron chi connectivity index (χ2n) is 3.30. The summed E-state index contributed by atoms with van der Waals surface area (Å²) in [5.74, 6) is 0.163. The first-order valence-corrected chi connectivity index (χ1v) is 8.75. The van der Waals surface area contributed by atoms with Crippen molar-refractivity contribution in [1.29, 1.82) is 0 Å². The van der Waals surface area contributed by atoms with E-state index in [1.165, 1.54) is 12.2 Å². The van der Waals surface area contributed by atoms with E-state index in [1.807, 2.05) is 0 Å². The Kier molecular flexibility index (Phi) is 7.33. The van der Waals surface area contributed by atoms with Crippen molar-refractivity contribution >= 4 is 19.7 Å². The fourth-order valence-corrected chi connectivity index (χ4v) is 2.00. The average Bonchev–Trinajstić information content (AvgIpc) is 2.27. The zero-order chi connectivity index (χ0) is 13.4. The van der Waals surface area contributed by atoms with Crippen LogP contribution >= 0.6 is 0 Å². The Labute approximate surface area is 103 Å². The number of sulfone groups is 2. The third-order valence-corrected chi connectivity index (χ3v) is 4.76. The highest BCUT2D eigenvalue weighted by Crippen LogP contribution is 1.91. The summed E-state index contributed by atoms with van der Waals surface area (Å²) in [5, 5.41) is 5.19. The van der Waals surface area contributed by atoms with Gasteiger partial charge in [0.1, 0.15) is 0 Å². The van der Waals surface area contributed by atoms with Gasteiger partial charge in [-0.05, 0) is 0 Å². The zero-order valence-electron chi connectivity index (χ0n) is 10.1. The largest absolute Gasteiger partial charge is 0.310 e. The van der Waals surface area contributed by atoms with Crippen LogP contribution in [0.5, 0.6) is 0 Å². The highest BCUT2D eigenvalue weighted by molar-refractivity contribution is 7.94. The van der Waals surface area contributed by atoms with E-state index in [0.29, 0.717) is 13.1 Å². The molecule has 0 saturated carbocycles. The Morgan fingerprint density at radius 1 is 0.824 bits per heavy atom. The van der Waals surface area contributed by atoms with Crippen LogP contribution in [0.25, 0.3) is 0 Å². The van der Waals surface area contributed by atoms with Crippen LogP contribution in [0.15, 0.2) is 23.0 Å². The van der Waals surface area contributed by atoms with Crippen LogP contribution in [0.3, 0.4) is 0 Å². The molecule has 0 rings (SSSR count). The standard InChI is InChI=1S/C10H19NO4S2/c1-3-16(12,13)9-5-7-11-8-6-10-17(14,15)4-2/h5-6,9-11H,3-4,7-8H2,1-2H3. The molecule has 0 aromatic carbocycles. The van der Waals surface area contributed by atoms with Gasteiger partial charge in [0, 0.05) is 23.9 Å². The molecule has 1 N–H and O–H groups in total. The lowest BCUT2D eigenvalue weighted by molar-refractivity contribution is 0.604. The van der Waals surface area contributed by atoms with Crippen LogP contribution in [0.4, 0.5) is 0 Å². The Morgan fingerprint density at radius 3 is 1.47 bits per heavy atom. The summed E-state index contributed by atoms with van der Waals surface area (Å²) >= 11 is 0. The summed E-state index contributed by atoms with van der Waals surface area (Å²) in [4.78, 5) is 0. The van der Waals surface area contributed by atoms with Crippen LogP contribution in [-0.2, 0) is 19.7 Å². The van der Waals surface area contributed by atoms with Crippen molar-refractivity contribution in [2.45, 2.75) is 13.8 Å². The lowest BCUT2D eigenvalue weighted by Gasteiger charge is -1.96. The summed E-state index contributed by atoms with van der Waals surface area (Å²) in [7, 11) is -6.15. The van der Waals surface area contributed by atoms with E-state index < -0.39 is 19.7 Å². The summed E-state index contributed by atoms with van der Waals surface area (Å²) in [6, 6.07) is 0. The van der Waals surface area contributed by atoms with Crippen molar-refractivity contribution in [2.75, 3.05) is 24.6 Å². The van der Waals surface area contributed by atoms with E-state index >= 15 is 0 Å². The lowest BCUT2D eigenvalue weighted by Crippen LogP contribution is -2.14. The molecule has 0 amide bonds. The zero-order valence-corrected chi connectivity index (χ0v) is 11.7. The molecule has 0 aromatic rings. The van der Waals surface area contributed by atoms with Gasteiger partial charge >= 0.3 is 0 Å². The number of nitrogens with one attached hydrogen (secondary N) is 1. The van der Waals surface area contributed by atoms with E-state index in [0.717, 1.165) is 10.8 Å². The maximum Gasteiger partial charge on any atom is 0.171 e. The summed E-state index contributed by atoms with van der Waals surface area (Å²) in [6.45, 7) is 3.92. The average molecular weight is 281 g/mol. The highest BCUT2D eigenvalue weighted by atomic mass is 32.2. The fourth-order valence-electron chi connectivity index (χ4n) is 0.832. The molecular formula is C10H19NO4S2. The first-order valence-electron chi connectivity index (χ1n) is 5.32. The molecule has 0 aromatic heterocycles. The lowest BCUT2D eigenvalue weighted by atomic mass is 10.5.